The van der Waals surface area contributed by atoms with Crippen molar-refractivity contribution in [3.05, 3.63) is 59.3 Å². The lowest BCUT2D eigenvalue weighted by atomic mass is 9.93. The first-order chi connectivity index (χ1) is 14.0. The molecule has 0 aliphatic heterocycles. The first-order valence-corrected chi connectivity index (χ1v) is 9.43. The number of pyridine rings is 1. The molecule has 1 fully saturated rings. The van der Waals surface area contributed by atoms with Crippen molar-refractivity contribution in [3.8, 4) is 11.9 Å². The van der Waals surface area contributed by atoms with Crippen molar-refractivity contribution < 1.29 is 19.4 Å². The first kappa shape index (κ1) is 20.1. The Kier molecular flexibility index (Phi) is 6.63. The number of hydrogen-bond acceptors (Lipinski definition) is 5. The van der Waals surface area contributed by atoms with Crippen LogP contribution < -0.4 is 15.4 Å². The van der Waals surface area contributed by atoms with Crippen LogP contribution in [0.5, 0.6) is 5.88 Å². The number of carbonyl (C=O) groups excluding carboxylic acids is 1. The number of nitrogens with zero attached hydrogens (tertiary/aromatic N) is 2. The van der Waals surface area contributed by atoms with E-state index >= 15 is 0 Å². The lowest BCUT2D eigenvalue weighted by Gasteiger charge is -2.29. The molecule has 2 aromatic rings. The molecule has 2 amide bonds. The minimum atomic E-state index is -0.978. The highest BCUT2D eigenvalue weighted by Gasteiger charge is 2.24. The van der Waals surface area contributed by atoms with Gasteiger partial charge in [0, 0.05) is 18.8 Å². The smallest absolute Gasteiger partial charge is 0.335 e. The molecule has 8 nitrogen and oxygen atoms in total. The van der Waals surface area contributed by atoms with E-state index in [0.717, 1.165) is 31.2 Å². The maximum absolute atomic E-state index is 12.1. The number of ether oxygens (including phenoxy) is 1. The molecule has 150 valence electrons. The number of nitriles is 1. The molecule has 29 heavy (non-hydrogen) atoms. The minimum absolute atomic E-state index is 0.0224. The topological polar surface area (TPSA) is 124 Å². The molecule has 0 atom stereocenters. The number of aromatic nitrogens is 1. The highest BCUT2D eigenvalue weighted by molar-refractivity contribution is 5.87. The van der Waals surface area contributed by atoms with Crippen LogP contribution in [0.15, 0.2) is 42.6 Å². The van der Waals surface area contributed by atoms with Gasteiger partial charge in [-0.1, -0.05) is 12.1 Å². The van der Waals surface area contributed by atoms with Gasteiger partial charge in [0.25, 0.3) is 0 Å². The predicted molar refractivity (Wildman–Crippen MR) is 104 cm³/mol. The fourth-order valence-electron chi connectivity index (χ4n) is 3.24. The molecule has 1 aromatic carbocycles. The van der Waals surface area contributed by atoms with Crippen molar-refractivity contribution in [2.45, 2.75) is 44.4 Å². The summed E-state index contributed by atoms with van der Waals surface area (Å²) in [6.45, 7) is 0.320. The SMILES string of the molecule is N#Cc1cccnc1OC1CCC(NC(=O)NCc2ccc(C(=O)O)cc2)CC1. The fourth-order valence-corrected chi connectivity index (χ4v) is 3.24. The van der Waals surface area contributed by atoms with Crippen LogP contribution in [0.4, 0.5) is 4.79 Å². The number of nitrogens with one attached hydrogen (secondary N) is 2. The van der Waals surface area contributed by atoms with Gasteiger partial charge in [-0.3, -0.25) is 0 Å². The Labute approximate surface area is 168 Å². The van der Waals surface area contributed by atoms with Gasteiger partial charge in [-0.2, -0.15) is 5.26 Å². The van der Waals surface area contributed by atoms with E-state index in [1.54, 1.807) is 30.5 Å². The van der Waals surface area contributed by atoms with Gasteiger partial charge in [0.1, 0.15) is 17.7 Å². The Hall–Kier alpha value is -3.60. The van der Waals surface area contributed by atoms with Gasteiger partial charge in [-0.25, -0.2) is 14.6 Å². The Morgan fingerprint density at radius 1 is 1.17 bits per heavy atom. The van der Waals surface area contributed by atoms with E-state index in [9.17, 15) is 9.59 Å². The normalized spacial score (nSPS) is 18.3. The average Bonchev–Trinajstić information content (AvgIpc) is 2.74. The monoisotopic (exact) mass is 394 g/mol. The Balaban J connectivity index is 1.40. The number of aromatic carboxylic acids is 1. The molecule has 1 aromatic heterocycles. The van der Waals surface area contributed by atoms with Crippen LogP contribution in [0.2, 0.25) is 0 Å². The molecule has 1 aliphatic rings. The molecule has 1 aliphatic carbocycles. The van der Waals surface area contributed by atoms with Crippen molar-refractivity contribution >= 4 is 12.0 Å². The van der Waals surface area contributed by atoms with Crippen LogP contribution in [-0.2, 0) is 6.54 Å². The van der Waals surface area contributed by atoms with E-state index in [4.69, 9.17) is 15.1 Å². The number of hydrogen-bond donors (Lipinski definition) is 3. The zero-order valence-electron chi connectivity index (χ0n) is 15.8. The predicted octanol–water partition coefficient (Wildman–Crippen LogP) is 2.84. The molecule has 8 heteroatoms. The molecule has 0 spiro atoms. The lowest BCUT2D eigenvalue weighted by Crippen LogP contribution is -2.44. The largest absolute Gasteiger partial charge is 0.478 e. The highest BCUT2D eigenvalue weighted by atomic mass is 16.5. The highest BCUT2D eigenvalue weighted by Crippen LogP contribution is 2.24. The van der Waals surface area contributed by atoms with Gasteiger partial charge in [-0.05, 0) is 55.5 Å². The number of rotatable bonds is 6. The van der Waals surface area contributed by atoms with Gasteiger partial charge in [0.15, 0.2) is 0 Å². The number of amides is 2. The number of urea groups is 1. The van der Waals surface area contributed by atoms with Crippen LogP contribution in [0, 0.1) is 11.3 Å². The third-order valence-corrected chi connectivity index (χ3v) is 4.83. The number of carboxylic acids is 1. The van der Waals surface area contributed by atoms with Crippen LogP contribution in [-0.4, -0.2) is 34.2 Å². The Morgan fingerprint density at radius 2 is 1.90 bits per heavy atom. The second-order valence-corrected chi connectivity index (χ2v) is 6.89. The molecule has 0 bridgehead atoms. The van der Waals surface area contributed by atoms with Crippen molar-refractivity contribution in [1.29, 1.82) is 5.26 Å². The second-order valence-electron chi connectivity index (χ2n) is 6.89. The molecule has 3 N–H and O–H groups in total. The molecule has 3 rings (SSSR count). The second kappa shape index (κ2) is 9.55. The summed E-state index contributed by atoms with van der Waals surface area (Å²) in [5.41, 5.74) is 1.46. The third-order valence-electron chi connectivity index (χ3n) is 4.83. The number of carboxylic acid groups (broad SMARTS) is 1. The molecular weight excluding hydrogens is 372 g/mol. The molecule has 0 saturated heterocycles. The van der Waals surface area contributed by atoms with Crippen LogP contribution in [0.25, 0.3) is 0 Å². The van der Waals surface area contributed by atoms with Gasteiger partial charge >= 0.3 is 12.0 Å². The Morgan fingerprint density at radius 3 is 2.55 bits per heavy atom. The molecule has 1 heterocycles. The lowest BCUT2D eigenvalue weighted by molar-refractivity contribution is 0.0697. The van der Waals surface area contributed by atoms with Crippen LogP contribution in [0.3, 0.4) is 0 Å². The zero-order valence-corrected chi connectivity index (χ0v) is 15.8. The standard InChI is InChI=1S/C21H22N4O4/c22-12-16-2-1-11-23-19(16)29-18-9-7-17(8-10-18)25-21(28)24-13-14-3-5-15(6-4-14)20(26)27/h1-6,11,17-18H,7-10,13H2,(H,26,27)(H2,24,25,28). The first-order valence-electron chi connectivity index (χ1n) is 9.43. The summed E-state index contributed by atoms with van der Waals surface area (Å²) in [4.78, 5) is 27.1. The maximum Gasteiger partial charge on any atom is 0.335 e. The molecule has 0 radical (unpaired) electrons. The average molecular weight is 394 g/mol. The Bertz CT molecular complexity index is 900. The van der Waals surface area contributed by atoms with E-state index in [0.29, 0.717) is 18.0 Å². The molecular formula is C21H22N4O4. The van der Waals surface area contributed by atoms with E-state index < -0.39 is 5.97 Å². The van der Waals surface area contributed by atoms with E-state index in [1.165, 1.54) is 12.1 Å². The summed E-state index contributed by atoms with van der Waals surface area (Å²) < 4.78 is 5.86. The molecule has 1 saturated carbocycles. The van der Waals surface area contributed by atoms with Crippen molar-refractivity contribution in [3.63, 3.8) is 0 Å². The van der Waals surface area contributed by atoms with Gasteiger partial charge in [0.05, 0.1) is 5.56 Å². The third kappa shape index (κ3) is 5.69. The van der Waals surface area contributed by atoms with Crippen molar-refractivity contribution in [1.82, 2.24) is 15.6 Å². The van der Waals surface area contributed by atoms with Crippen molar-refractivity contribution in [2.75, 3.05) is 0 Å². The van der Waals surface area contributed by atoms with Crippen LogP contribution >= 0.6 is 0 Å². The van der Waals surface area contributed by atoms with Crippen LogP contribution in [0.1, 0.15) is 47.2 Å². The molecule has 0 unspecified atom stereocenters. The fraction of sp³-hybridized carbons (Fsp3) is 0.333. The van der Waals surface area contributed by atoms with E-state index in [2.05, 4.69) is 21.7 Å². The summed E-state index contributed by atoms with van der Waals surface area (Å²) in [6, 6.07) is 11.6. The number of benzene rings is 1. The summed E-state index contributed by atoms with van der Waals surface area (Å²) in [6.07, 6.45) is 4.67. The summed E-state index contributed by atoms with van der Waals surface area (Å²) in [5.74, 6) is -0.619. The maximum atomic E-state index is 12.1. The van der Waals surface area contributed by atoms with E-state index in [-0.39, 0.29) is 23.7 Å². The summed E-state index contributed by atoms with van der Waals surface area (Å²) >= 11 is 0. The van der Waals surface area contributed by atoms with Gasteiger partial charge in [0.2, 0.25) is 5.88 Å². The minimum Gasteiger partial charge on any atom is -0.478 e. The van der Waals surface area contributed by atoms with Gasteiger partial charge in [-0.15, -0.1) is 0 Å². The van der Waals surface area contributed by atoms with Crippen molar-refractivity contribution in [2.24, 2.45) is 0 Å². The van der Waals surface area contributed by atoms with Gasteiger partial charge < -0.3 is 20.5 Å². The summed E-state index contributed by atoms with van der Waals surface area (Å²) in [7, 11) is 0. The zero-order chi connectivity index (χ0) is 20.6. The number of carbonyl (C=O) groups is 2. The van der Waals surface area contributed by atoms with E-state index in [1.807, 2.05) is 0 Å². The quantitative estimate of drug-likeness (QED) is 0.692. The summed E-state index contributed by atoms with van der Waals surface area (Å²) in [5, 5.41) is 23.8.